The molecule has 1 aliphatic rings. The van der Waals surface area contributed by atoms with Crippen LogP contribution in [0.4, 0.5) is 13.2 Å². The van der Waals surface area contributed by atoms with Gasteiger partial charge in [0, 0.05) is 17.4 Å². The molecular weight excluding hydrogens is 531 g/mol. The first-order valence-electron chi connectivity index (χ1n) is 14.2. The van der Waals surface area contributed by atoms with Crippen molar-refractivity contribution in [1.82, 2.24) is 0 Å². The fourth-order valence-electron chi connectivity index (χ4n) is 5.56. The van der Waals surface area contributed by atoms with Crippen LogP contribution in [0.3, 0.4) is 0 Å². The van der Waals surface area contributed by atoms with Crippen molar-refractivity contribution in [2.24, 2.45) is 0 Å². The number of halogens is 3. The van der Waals surface area contributed by atoms with Gasteiger partial charge in [-0.1, -0.05) is 19.1 Å². The maximum Gasteiger partial charge on any atom is 0.416 e. The van der Waals surface area contributed by atoms with E-state index in [4.69, 9.17) is 18.9 Å². The van der Waals surface area contributed by atoms with Gasteiger partial charge in [-0.3, -0.25) is 0 Å². The largest absolute Gasteiger partial charge is 0.490 e. The third-order valence-corrected chi connectivity index (χ3v) is 7.28. The van der Waals surface area contributed by atoms with Gasteiger partial charge in [-0.25, -0.2) is 0 Å². The van der Waals surface area contributed by atoms with Crippen LogP contribution in [0.15, 0.2) is 54.7 Å². The molecule has 5 rings (SSSR count). The van der Waals surface area contributed by atoms with Gasteiger partial charge in [0.05, 0.1) is 36.3 Å². The predicted molar refractivity (Wildman–Crippen MR) is 152 cm³/mol. The highest BCUT2D eigenvalue weighted by Gasteiger charge is 2.32. The number of pyridine rings is 1. The molecular formula is C33H35F3NO4+. The van der Waals surface area contributed by atoms with Gasteiger partial charge in [-0.05, 0) is 74.7 Å². The fraction of sp³-hybridized carbons (Fsp3) is 0.364. The summed E-state index contributed by atoms with van der Waals surface area (Å²) in [7, 11) is 0. The van der Waals surface area contributed by atoms with E-state index in [9.17, 15) is 13.2 Å². The molecule has 0 unspecified atom stereocenters. The molecule has 5 nitrogen and oxygen atoms in total. The number of aromatic nitrogens is 1. The first-order chi connectivity index (χ1) is 19.8. The zero-order chi connectivity index (χ0) is 29.1. The maximum absolute atomic E-state index is 13.3. The van der Waals surface area contributed by atoms with Gasteiger partial charge in [0.25, 0.3) is 0 Å². The van der Waals surface area contributed by atoms with Crippen molar-refractivity contribution in [1.29, 1.82) is 0 Å². The second kappa shape index (κ2) is 11.9. The van der Waals surface area contributed by atoms with Crippen molar-refractivity contribution < 1.29 is 36.7 Å². The molecule has 1 aliphatic heterocycles. The van der Waals surface area contributed by atoms with E-state index in [-0.39, 0.29) is 6.61 Å². The van der Waals surface area contributed by atoms with E-state index >= 15 is 0 Å². The first kappa shape index (κ1) is 28.6. The molecule has 8 heteroatoms. The number of ether oxygens (including phenoxy) is 4. The predicted octanol–water partition coefficient (Wildman–Crippen LogP) is 7.71. The summed E-state index contributed by atoms with van der Waals surface area (Å²) < 4.78 is 66.2. The molecule has 216 valence electrons. The third-order valence-electron chi connectivity index (χ3n) is 7.28. The molecule has 4 aromatic rings. The van der Waals surface area contributed by atoms with E-state index in [1.54, 1.807) is 6.07 Å². The summed E-state index contributed by atoms with van der Waals surface area (Å²) in [5.74, 6) is 2.57. The first-order valence-corrected chi connectivity index (χ1v) is 14.2. The minimum absolute atomic E-state index is 0.0208. The number of nitrogens with zero attached hydrogens (tertiary/aromatic N) is 1. The van der Waals surface area contributed by atoms with Crippen LogP contribution < -0.4 is 23.5 Å². The third kappa shape index (κ3) is 5.65. The highest BCUT2D eigenvalue weighted by molar-refractivity contribution is 5.95. The van der Waals surface area contributed by atoms with Gasteiger partial charge in [0.2, 0.25) is 5.69 Å². The summed E-state index contributed by atoms with van der Waals surface area (Å²) >= 11 is 0. The van der Waals surface area contributed by atoms with Crippen molar-refractivity contribution in [2.75, 3.05) is 19.8 Å². The number of hydrogen-bond donors (Lipinski definition) is 0. The lowest BCUT2D eigenvalue weighted by molar-refractivity contribution is -0.686. The van der Waals surface area contributed by atoms with Crippen molar-refractivity contribution in [3.63, 3.8) is 0 Å². The molecule has 0 saturated heterocycles. The van der Waals surface area contributed by atoms with Crippen LogP contribution in [0.5, 0.6) is 23.0 Å². The lowest BCUT2D eigenvalue weighted by Crippen LogP contribution is -2.41. The highest BCUT2D eigenvalue weighted by Crippen LogP contribution is 2.43. The van der Waals surface area contributed by atoms with Gasteiger partial charge in [0.1, 0.15) is 6.61 Å². The van der Waals surface area contributed by atoms with E-state index in [0.29, 0.717) is 36.9 Å². The van der Waals surface area contributed by atoms with Crippen LogP contribution in [0.1, 0.15) is 49.9 Å². The van der Waals surface area contributed by atoms with E-state index in [0.717, 1.165) is 70.6 Å². The Morgan fingerprint density at radius 3 is 2.17 bits per heavy atom. The van der Waals surface area contributed by atoms with Gasteiger partial charge < -0.3 is 18.9 Å². The van der Waals surface area contributed by atoms with Gasteiger partial charge in [-0.2, -0.15) is 17.7 Å². The Labute approximate surface area is 238 Å². The molecule has 2 heterocycles. The smallest absolute Gasteiger partial charge is 0.416 e. The number of fused-ring (bicyclic) bond motifs is 4. The maximum atomic E-state index is 13.3. The normalized spacial score (nSPS) is 12.6. The fourth-order valence-corrected chi connectivity index (χ4v) is 5.56. The molecule has 0 spiro atoms. The summed E-state index contributed by atoms with van der Waals surface area (Å²) in [5, 5.41) is 1.88. The van der Waals surface area contributed by atoms with E-state index in [1.165, 1.54) is 11.6 Å². The van der Waals surface area contributed by atoms with Crippen molar-refractivity contribution in [2.45, 2.75) is 59.9 Å². The number of aryl methyl sites for hydroxylation is 3. The van der Waals surface area contributed by atoms with Crippen molar-refractivity contribution in [3.05, 3.63) is 77.0 Å². The van der Waals surface area contributed by atoms with Crippen LogP contribution in [0.25, 0.3) is 22.0 Å². The zero-order valence-corrected chi connectivity index (χ0v) is 23.9. The van der Waals surface area contributed by atoms with Crippen molar-refractivity contribution >= 4 is 10.8 Å². The summed E-state index contributed by atoms with van der Waals surface area (Å²) in [4.78, 5) is 0. The lowest BCUT2D eigenvalue weighted by Gasteiger charge is -2.22. The summed E-state index contributed by atoms with van der Waals surface area (Å²) in [6.07, 6.45) is -0.753. The van der Waals surface area contributed by atoms with Gasteiger partial charge >= 0.3 is 6.18 Å². The Hall–Kier alpha value is -3.94. The van der Waals surface area contributed by atoms with E-state index < -0.39 is 11.7 Å². The second-order valence-corrected chi connectivity index (χ2v) is 9.85. The molecule has 0 radical (unpaired) electrons. The Morgan fingerprint density at radius 2 is 1.49 bits per heavy atom. The van der Waals surface area contributed by atoms with E-state index in [2.05, 4.69) is 29.8 Å². The van der Waals surface area contributed by atoms with Crippen LogP contribution >= 0.6 is 0 Å². The number of hydrogen-bond acceptors (Lipinski definition) is 4. The van der Waals surface area contributed by atoms with Crippen LogP contribution in [0, 0.1) is 0 Å². The monoisotopic (exact) mass is 566 g/mol. The number of benzene rings is 3. The van der Waals surface area contributed by atoms with E-state index in [1.807, 2.05) is 32.9 Å². The molecule has 0 amide bonds. The highest BCUT2D eigenvalue weighted by atomic mass is 19.4. The topological polar surface area (TPSA) is 40.8 Å². The Balaban J connectivity index is 1.64. The average Bonchev–Trinajstić information content (AvgIpc) is 2.95. The Kier molecular flexibility index (Phi) is 8.29. The van der Waals surface area contributed by atoms with Crippen LogP contribution in [-0.2, 0) is 32.2 Å². The van der Waals surface area contributed by atoms with Gasteiger partial charge in [0.15, 0.2) is 35.7 Å². The standard InChI is InChI=1S/C33H35F3NO4/c1-5-24-25-12-13-28(38-6-2)32(41-20-21-10-9-11-23(16-21)33(34,35)36)27(25)19-37-15-14-22-17-29(39-7-3)30(40-8-4)18-26(22)31(24)37/h9-13,16-19H,5-8,14-15,20H2,1-4H3/q+1. The summed E-state index contributed by atoms with van der Waals surface area (Å²) in [5.41, 5.74) is 4.33. The molecule has 41 heavy (non-hydrogen) atoms. The number of alkyl halides is 3. The molecule has 0 atom stereocenters. The van der Waals surface area contributed by atoms with Crippen LogP contribution in [-0.4, -0.2) is 19.8 Å². The quantitative estimate of drug-likeness (QED) is 0.185. The minimum atomic E-state index is -4.42. The Bertz CT molecular complexity index is 1570. The second-order valence-electron chi connectivity index (χ2n) is 9.85. The summed E-state index contributed by atoms with van der Waals surface area (Å²) in [6, 6.07) is 13.3. The molecule has 0 fully saturated rings. The molecule has 1 aromatic heterocycles. The molecule has 0 bridgehead atoms. The Morgan fingerprint density at radius 1 is 0.780 bits per heavy atom. The zero-order valence-electron chi connectivity index (χ0n) is 23.9. The van der Waals surface area contributed by atoms with Crippen molar-refractivity contribution in [3.8, 4) is 34.3 Å². The lowest BCUT2D eigenvalue weighted by atomic mass is 9.90. The molecule has 0 N–H and O–H groups in total. The average molecular weight is 567 g/mol. The minimum Gasteiger partial charge on any atom is -0.490 e. The summed E-state index contributed by atoms with van der Waals surface area (Å²) in [6.45, 7) is 10.2. The van der Waals surface area contributed by atoms with Gasteiger partial charge in [-0.15, -0.1) is 0 Å². The van der Waals surface area contributed by atoms with Crippen LogP contribution in [0.2, 0.25) is 0 Å². The molecule has 0 saturated carbocycles. The molecule has 3 aromatic carbocycles. The SMILES string of the molecule is CCOc1cc2c(cc1OCC)-c1c(CC)c3ccc(OCC)c(OCc4cccc(C(F)(F)F)c4)c3c[n+]1CC2. The number of rotatable bonds is 10. The molecule has 0 aliphatic carbocycles.